The number of hydrogen-bond acceptors (Lipinski definition) is 3. The molecule has 1 saturated carbocycles. The molecule has 0 amide bonds. The summed E-state index contributed by atoms with van der Waals surface area (Å²) < 4.78 is 26.8. The van der Waals surface area contributed by atoms with Gasteiger partial charge in [0, 0.05) is 19.0 Å². The molecule has 92 valence electrons. The Hall–Kier alpha value is -1.27. The highest BCUT2D eigenvalue weighted by molar-refractivity contribution is 6.31. The van der Waals surface area contributed by atoms with Crippen molar-refractivity contribution >= 4 is 17.3 Å². The molecule has 0 heterocycles. The highest BCUT2D eigenvalue weighted by Crippen LogP contribution is 2.63. The number of nitrogens with two attached hydrogens (primary N) is 1. The van der Waals surface area contributed by atoms with Crippen LogP contribution in [-0.4, -0.2) is 17.4 Å². The number of alkyl halides is 2. The monoisotopic (exact) mass is 262 g/mol. The third-order valence-electron chi connectivity index (χ3n) is 3.11. The van der Waals surface area contributed by atoms with Crippen molar-refractivity contribution in [2.24, 2.45) is 5.73 Å². The molecule has 1 fully saturated rings. The molecule has 1 aliphatic rings. The molecule has 0 radical (unpaired) electrons. The zero-order valence-electron chi connectivity index (χ0n) is 8.62. The van der Waals surface area contributed by atoms with Gasteiger partial charge in [0.05, 0.1) is 20.9 Å². The molecule has 7 heteroatoms. The van der Waals surface area contributed by atoms with E-state index in [9.17, 15) is 18.9 Å². The first-order valence-electron chi connectivity index (χ1n) is 4.87. The molecule has 0 aliphatic heterocycles. The van der Waals surface area contributed by atoms with Gasteiger partial charge < -0.3 is 5.73 Å². The number of halogens is 3. The summed E-state index contributed by atoms with van der Waals surface area (Å²) in [5, 5.41) is 10.8. The smallest absolute Gasteiger partial charge is 0.274 e. The van der Waals surface area contributed by atoms with Crippen LogP contribution < -0.4 is 5.73 Å². The molecule has 0 aromatic heterocycles. The Balaban J connectivity index is 2.64. The number of hydrogen-bond donors (Lipinski definition) is 1. The van der Waals surface area contributed by atoms with E-state index in [0.29, 0.717) is 0 Å². The molecule has 2 rings (SSSR count). The van der Waals surface area contributed by atoms with E-state index in [0.717, 1.165) is 6.07 Å². The number of rotatable bonds is 3. The highest BCUT2D eigenvalue weighted by Gasteiger charge is 2.73. The number of nitro groups is 1. The van der Waals surface area contributed by atoms with Gasteiger partial charge in [-0.2, -0.15) is 0 Å². The first kappa shape index (κ1) is 12.2. The first-order chi connectivity index (χ1) is 7.85. The predicted molar refractivity (Wildman–Crippen MR) is 58.4 cm³/mol. The molecule has 1 aliphatic carbocycles. The van der Waals surface area contributed by atoms with E-state index in [1.54, 1.807) is 0 Å². The van der Waals surface area contributed by atoms with E-state index >= 15 is 0 Å². The van der Waals surface area contributed by atoms with Crippen molar-refractivity contribution < 1.29 is 13.7 Å². The van der Waals surface area contributed by atoms with Crippen LogP contribution in [0.3, 0.4) is 0 Å². The lowest BCUT2D eigenvalue weighted by molar-refractivity contribution is -0.386. The van der Waals surface area contributed by atoms with Crippen LogP contribution in [-0.2, 0) is 5.41 Å². The minimum Gasteiger partial charge on any atom is -0.329 e. The van der Waals surface area contributed by atoms with E-state index < -0.39 is 28.4 Å². The molecule has 0 spiro atoms. The molecule has 1 unspecified atom stereocenters. The zero-order valence-corrected chi connectivity index (χ0v) is 9.38. The van der Waals surface area contributed by atoms with Gasteiger partial charge in [-0.05, 0) is 6.07 Å². The SMILES string of the molecule is NCC1(c2c(Cl)cccc2[N+](=O)[O-])CC1(F)F. The summed E-state index contributed by atoms with van der Waals surface area (Å²) in [4.78, 5) is 10.1. The molecule has 0 saturated heterocycles. The molecule has 4 nitrogen and oxygen atoms in total. The summed E-state index contributed by atoms with van der Waals surface area (Å²) in [6.45, 7) is -0.370. The van der Waals surface area contributed by atoms with Crippen molar-refractivity contribution in [2.75, 3.05) is 6.54 Å². The standard InChI is InChI=1S/C10H9ClF2N2O2/c11-6-2-1-3-7(15(16)17)8(6)9(5-14)4-10(9,12)13/h1-3H,4-5,14H2. The lowest BCUT2D eigenvalue weighted by atomic mass is 9.93. The fraction of sp³-hybridized carbons (Fsp3) is 0.400. The van der Waals surface area contributed by atoms with Gasteiger partial charge >= 0.3 is 0 Å². The molecule has 0 bridgehead atoms. The number of nitro benzene ring substituents is 1. The van der Waals surface area contributed by atoms with E-state index in [-0.39, 0.29) is 17.1 Å². The Morgan fingerprint density at radius 2 is 2.12 bits per heavy atom. The Labute approximate surface area is 101 Å². The number of benzene rings is 1. The second-order valence-electron chi connectivity index (χ2n) is 4.06. The Bertz CT molecular complexity index is 495. The summed E-state index contributed by atoms with van der Waals surface area (Å²) in [5.74, 6) is -3.03. The molecule has 1 atom stereocenters. The van der Waals surface area contributed by atoms with Crippen molar-refractivity contribution in [1.29, 1.82) is 0 Å². The Morgan fingerprint density at radius 1 is 1.53 bits per heavy atom. The average molecular weight is 263 g/mol. The van der Waals surface area contributed by atoms with Gasteiger partial charge in [0.15, 0.2) is 0 Å². The minimum atomic E-state index is -3.03. The van der Waals surface area contributed by atoms with Gasteiger partial charge in [0.25, 0.3) is 11.6 Å². The van der Waals surface area contributed by atoms with Gasteiger partial charge in [0.1, 0.15) is 0 Å². The van der Waals surface area contributed by atoms with Gasteiger partial charge in [-0.25, -0.2) is 8.78 Å². The van der Waals surface area contributed by atoms with Crippen LogP contribution in [0.15, 0.2) is 18.2 Å². The molecule has 2 N–H and O–H groups in total. The first-order valence-corrected chi connectivity index (χ1v) is 5.25. The highest BCUT2D eigenvalue weighted by atomic mass is 35.5. The van der Waals surface area contributed by atoms with Gasteiger partial charge in [-0.15, -0.1) is 0 Å². The molecule has 1 aromatic rings. The van der Waals surface area contributed by atoms with Crippen LogP contribution in [0.1, 0.15) is 12.0 Å². The van der Waals surface area contributed by atoms with Crippen molar-refractivity contribution in [2.45, 2.75) is 17.8 Å². The Morgan fingerprint density at radius 3 is 2.53 bits per heavy atom. The van der Waals surface area contributed by atoms with Crippen molar-refractivity contribution in [3.8, 4) is 0 Å². The van der Waals surface area contributed by atoms with Crippen molar-refractivity contribution in [3.63, 3.8) is 0 Å². The van der Waals surface area contributed by atoms with E-state index in [4.69, 9.17) is 17.3 Å². The quantitative estimate of drug-likeness (QED) is 0.672. The van der Waals surface area contributed by atoms with Crippen LogP contribution in [0.4, 0.5) is 14.5 Å². The summed E-state index contributed by atoms with van der Waals surface area (Å²) in [5.41, 5.74) is 3.11. The molecule has 1 aromatic carbocycles. The van der Waals surface area contributed by atoms with Crippen LogP contribution in [0.2, 0.25) is 5.02 Å². The van der Waals surface area contributed by atoms with E-state index in [1.807, 2.05) is 0 Å². The molecule has 17 heavy (non-hydrogen) atoms. The lowest BCUT2D eigenvalue weighted by Gasteiger charge is -2.15. The number of nitrogens with zero attached hydrogens (tertiary/aromatic N) is 1. The van der Waals surface area contributed by atoms with E-state index in [2.05, 4.69) is 0 Å². The third kappa shape index (κ3) is 1.59. The van der Waals surface area contributed by atoms with E-state index in [1.165, 1.54) is 12.1 Å². The largest absolute Gasteiger partial charge is 0.329 e. The Kier molecular flexibility index (Phi) is 2.59. The van der Waals surface area contributed by atoms with Crippen molar-refractivity contribution in [3.05, 3.63) is 38.9 Å². The second-order valence-corrected chi connectivity index (χ2v) is 4.47. The maximum Gasteiger partial charge on any atom is 0.274 e. The topological polar surface area (TPSA) is 69.2 Å². The normalized spacial score (nSPS) is 25.6. The van der Waals surface area contributed by atoms with Gasteiger partial charge in [0.2, 0.25) is 0 Å². The summed E-state index contributed by atoms with van der Waals surface area (Å²) in [6, 6.07) is 3.87. The maximum absolute atomic E-state index is 13.4. The van der Waals surface area contributed by atoms with Crippen LogP contribution in [0.25, 0.3) is 0 Å². The second kappa shape index (κ2) is 3.61. The predicted octanol–water partition coefficient (Wildman–Crippen LogP) is 2.48. The summed E-state index contributed by atoms with van der Waals surface area (Å²) >= 11 is 5.81. The van der Waals surface area contributed by atoms with Crippen LogP contribution in [0.5, 0.6) is 0 Å². The fourth-order valence-corrected chi connectivity index (χ4v) is 2.42. The van der Waals surface area contributed by atoms with Gasteiger partial charge in [-0.3, -0.25) is 10.1 Å². The molecular formula is C10H9ClF2N2O2. The summed E-state index contributed by atoms with van der Waals surface area (Å²) in [6.07, 6.45) is -0.499. The minimum absolute atomic E-state index is 0.0400. The van der Waals surface area contributed by atoms with Crippen LogP contribution >= 0.6 is 11.6 Å². The molecular weight excluding hydrogens is 254 g/mol. The third-order valence-corrected chi connectivity index (χ3v) is 3.43. The average Bonchev–Trinajstić information content (AvgIpc) is 2.81. The lowest BCUT2D eigenvalue weighted by Crippen LogP contribution is -2.28. The van der Waals surface area contributed by atoms with Crippen LogP contribution in [0, 0.1) is 10.1 Å². The van der Waals surface area contributed by atoms with Crippen molar-refractivity contribution in [1.82, 2.24) is 0 Å². The zero-order chi connectivity index (χ0) is 12.8. The summed E-state index contributed by atoms with van der Waals surface area (Å²) in [7, 11) is 0. The maximum atomic E-state index is 13.4. The van der Waals surface area contributed by atoms with Gasteiger partial charge in [-0.1, -0.05) is 17.7 Å². The fourth-order valence-electron chi connectivity index (χ4n) is 2.07.